The Kier molecular flexibility index (Phi) is 9.55. The molecule has 1 aromatic heterocycles. The van der Waals surface area contributed by atoms with Gasteiger partial charge in [-0.15, -0.1) is 10.2 Å². The van der Waals surface area contributed by atoms with Crippen molar-refractivity contribution in [1.82, 2.24) is 20.1 Å². The van der Waals surface area contributed by atoms with E-state index in [4.69, 9.17) is 9.47 Å². The first-order valence-corrected chi connectivity index (χ1v) is 12.6. The predicted molar refractivity (Wildman–Crippen MR) is 145 cm³/mol. The molecule has 184 valence electrons. The van der Waals surface area contributed by atoms with Gasteiger partial charge in [0.15, 0.2) is 22.5 Å². The molecule has 0 saturated heterocycles. The van der Waals surface area contributed by atoms with Gasteiger partial charge in [-0.05, 0) is 77.0 Å². The highest BCUT2D eigenvalue weighted by Gasteiger charge is 2.13. The summed E-state index contributed by atoms with van der Waals surface area (Å²) in [6.07, 6.45) is 3.12. The predicted octanol–water partition coefficient (Wildman–Crippen LogP) is 3.81. The fourth-order valence-electron chi connectivity index (χ4n) is 3.06. The summed E-state index contributed by atoms with van der Waals surface area (Å²) in [5.41, 5.74) is 2.60. The van der Waals surface area contributed by atoms with Gasteiger partial charge in [0.25, 0.3) is 0 Å². The summed E-state index contributed by atoms with van der Waals surface area (Å²) < 4.78 is 13.4. The van der Waals surface area contributed by atoms with Gasteiger partial charge >= 0.3 is 0 Å². The van der Waals surface area contributed by atoms with Crippen molar-refractivity contribution in [3.63, 3.8) is 0 Å². The van der Waals surface area contributed by atoms with Crippen molar-refractivity contribution in [2.24, 2.45) is 7.05 Å². The maximum atomic E-state index is 12.4. The molecule has 35 heavy (non-hydrogen) atoms. The molecule has 2 N–H and O–H groups in total. The number of benzene rings is 2. The van der Waals surface area contributed by atoms with E-state index < -0.39 is 0 Å². The van der Waals surface area contributed by atoms with Crippen LogP contribution in [-0.2, 0) is 23.2 Å². The number of nitrogens with zero attached hydrogens (tertiary/aromatic N) is 3. The van der Waals surface area contributed by atoms with Crippen molar-refractivity contribution < 1.29 is 19.1 Å². The van der Waals surface area contributed by atoms with E-state index in [1.165, 1.54) is 17.8 Å². The number of methoxy groups -OCH3 is 2. The van der Waals surface area contributed by atoms with Crippen LogP contribution in [0.5, 0.6) is 11.5 Å². The number of amides is 2. The zero-order valence-electron chi connectivity index (χ0n) is 19.8. The molecule has 2 amide bonds. The Bertz CT molecular complexity index is 1240. The molecule has 1 heterocycles. The summed E-state index contributed by atoms with van der Waals surface area (Å²) in [4.78, 5) is 24.6. The van der Waals surface area contributed by atoms with Crippen molar-refractivity contribution in [1.29, 1.82) is 0 Å². The number of carbonyl (C=O) groups is 2. The molecule has 0 aliphatic heterocycles. The van der Waals surface area contributed by atoms with Crippen LogP contribution in [0, 0.1) is 10.5 Å². The van der Waals surface area contributed by atoms with Crippen LogP contribution in [0.25, 0.3) is 6.08 Å². The lowest BCUT2D eigenvalue weighted by atomic mass is 10.2. The Morgan fingerprint density at radius 3 is 2.60 bits per heavy atom. The first kappa shape index (κ1) is 26.5. The molecule has 0 bridgehead atoms. The lowest BCUT2D eigenvalue weighted by molar-refractivity contribution is -0.116. The molecule has 11 heteroatoms. The number of aryl methyl sites for hydroxylation is 1. The molecule has 0 saturated carbocycles. The topological polar surface area (TPSA) is 107 Å². The van der Waals surface area contributed by atoms with Gasteiger partial charge in [-0.1, -0.05) is 17.8 Å². The van der Waals surface area contributed by atoms with Crippen LogP contribution in [0.1, 0.15) is 17.0 Å². The zero-order valence-corrected chi connectivity index (χ0v) is 22.8. The van der Waals surface area contributed by atoms with E-state index in [0.29, 0.717) is 22.5 Å². The summed E-state index contributed by atoms with van der Waals surface area (Å²) in [5, 5.41) is 14.5. The highest BCUT2D eigenvalue weighted by atomic mass is 127. The molecule has 9 nitrogen and oxygen atoms in total. The fourth-order valence-corrected chi connectivity index (χ4v) is 4.44. The lowest BCUT2D eigenvalue weighted by Crippen LogP contribution is -2.22. The highest BCUT2D eigenvalue weighted by Crippen LogP contribution is 2.28. The second-order valence-corrected chi connectivity index (χ2v) is 9.61. The van der Waals surface area contributed by atoms with Gasteiger partial charge in [-0.25, -0.2) is 0 Å². The molecular formula is C24H26IN5O4S. The van der Waals surface area contributed by atoms with Gasteiger partial charge in [-0.3, -0.25) is 9.59 Å². The maximum Gasteiger partial charge on any atom is 0.244 e. The minimum atomic E-state index is -0.274. The number of hydrogen-bond acceptors (Lipinski definition) is 7. The molecule has 0 spiro atoms. The number of carbonyl (C=O) groups excluding carboxylic acids is 2. The molecule has 0 atom stereocenters. The number of aromatic nitrogens is 3. The van der Waals surface area contributed by atoms with Gasteiger partial charge in [0.2, 0.25) is 11.8 Å². The van der Waals surface area contributed by atoms with Crippen molar-refractivity contribution in [2.45, 2.75) is 18.6 Å². The van der Waals surface area contributed by atoms with Crippen LogP contribution in [0.15, 0.2) is 47.6 Å². The third kappa shape index (κ3) is 7.46. The monoisotopic (exact) mass is 607 g/mol. The van der Waals surface area contributed by atoms with E-state index in [-0.39, 0.29) is 24.1 Å². The number of anilines is 1. The average Bonchev–Trinajstić information content (AvgIpc) is 3.20. The van der Waals surface area contributed by atoms with Crippen molar-refractivity contribution >= 4 is 57.9 Å². The molecule has 3 aromatic rings. The lowest BCUT2D eigenvalue weighted by Gasteiger charge is -2.09. The maximum absolute atomic E-state index is 12.4. The third-order valence-electron chi connectivity index (χ3n) is 4.98. The number of hydrogen-bond donors (Lipinski definition) is 2. The van der Waals surface area contributed by atoms with Crippen LogP contribution in [-0.4, -0.2) is 46.6 Å². The standard InChI is InChI=1S/C24H26IN5O4S/c1-15-11-17(25)7-8-18(15)27-23(32)14-35-24-29-28-21(30(24)2)13-26-22(31)10-6-16-5-9-19(33-3)20(12-16)34-4/h5-12H,13-14H2,1-4H3,(H,26,31)(H,27,32)/b10-6+. The second-order valence-electron chi connectivity index (χ2n) is 7.42. The van der Waals surface area contributed by atoms with Crippen LogP contribution < -0.4 is 20.1 Å². The van der Waals surface area contributed by atoms with Gasteiger partial charge in [0, 0.05) is 22.4 Å². The van der Waals surface area contributed by atoms with Crippen molar-refractivity contribution in [3.8, 4) is 11.5 Å². The van der Waals surface area contributed by atoms with Crippen LogP contribution in [0.2, 0.25) is 0 Å². The van der Waals surface area contributed by atoms with E-state index in [1.54, 1.807) is 44.0 Å². The van der Waals surface area contributed by atoms with Gasteiger partial charge in [-0.2, -0.15) is 0 Å². The summed E-state index contributed by atoms with van der Waals surface area (Å²) in [6, 6.07) is 11.2. The quantitative estimate of drug-likeness (QED) is 0.205. The molecule has 2 aromatic carbocycles. The molecule has 3 rings (SSSR count). The molecule has 0 radical (unpaired) electrons. The first-order valence-electron chi connectivity index (χ1n) is 10.6. The van der Waals surface area contributed by atoms with Gasteiger partial charge in [0.1, 0.15) is 0 Å². The fraction of sp³-hybridized carbons (Fsp3) is 0.250. The third-order valence-corrected chi connectivity index (χ3v) is 6.67. The summed E-state index contributed by atoms with van der Waals surface area (Å²) in [5.74, 6) is 1.57. The average molecular weight is 607 g/mol. The number of rotatable bonds is 10. The highest BCUT2D eigenvalue weighted by molar-refractivity contribution is 14.1. The summed E-state index contributed by atoms with van der Waals surface area (Å²) in [6.45, 7) is 2.16. The SMILES string of the molecule is COc1ccc(/C=C/C(=O)NCc2nnc(SCC(=O)Nc3ccc(I)cc3C)n2C)cc1OC. The number of nitrogens with one attached hydrogen (secondary N) is 2. The Morgan fingerprint density at radius 2 is 1.89 bits per heavy atom. The minimum Gasteiger partial charge on any atom is -0.493 e. The van der Waals surface area contributed by atoms with Crippen molar-refractivity contribution in [3.05, 3.63) is 63.0 Å². The second kappa shape index (κ2) is 12.6. The number of thioether (sulfide) groups is 1. The Hall–Kier alpha value is -3.06. The van der Waals surface area contributed by atoms with Crippen molar-refractivity contribution in [2.75, 3.05) is 25.3 Å². The Balaban J connectivity index is 1.50. The van der Waals surface area contributed by atoms with Gasteiger partial charge < -0.3 is 24.7 Å². The summed E-state index contributed by atoms with van der Waals surface area (Å²) in [7, 11) is 4.92. The van der Waals surface area contributed by atoms with E-state index >= 15 is 0 Å². The molecule has 0 aliphatic carbocycles. The number of halogens is 1. The van der Waals surface area contributed by atoms with Gasteiger partial charge in [0.05, 0.1) is 26.5 Å². The molecule has 0 aliphatic rings. The molecule has 0 unspecified atom stereocenters. The van der Waals surface area contributed by atoms with Crippen LogP contribution in [0.4, 0.5) is 5.69 Å². The summed E-state index contributed by atoms with van der Waals surface area (Å²) >= 11 is 3.51. The number of ether oxygens (including phenoxy) is 2. The zero-order chi connectivity index (χ0) is 25.4. The van der Waals surface area contributed by atoms with E-state index in [9.17, 15) is 9.59 Å². The van der Waals surface area contributed by atoms with E-state index in [2.05, 4.69) is 43.4 Å². The van der Waals surface area contributed by atoms with Crippen LogP contribution in [0.3, 0.4) is 0 Å². The Labute approximate surface area is 221 Å². The smallest absolute Gasteiger partial charge is 0.244 e. The normalized spacial score (nSPS) is 10.9. The molecule has 0 fully saturated rings. The minimum absolute atomic E-state index is 0.127. The molecular weight excluding hydrogens is 581 g/mol. The van der Waals surface area contributed by atoms with E-state index in [1.807, 2.05) is 31.2 Å². The van der Waals surface area contributed by atoms with E-state index in [0.717, 1.165) is 20.4 Å². The first-order chi connectivity index (χ1) is 16.8. The Morgan fingerprint density at radius 1 is 1.11 bits per heavy atom. The van der Waals surface area contributed by atoms with Crippen LogP contribution >= 0.6 is 34.4 Å². The largest absolute Gasteiger partial charge is 0.493 e.